The number of ether oxygens (including phenoxy) is 2. The van der Waals surface area contributed by atoms with Gasteiger partial charge in [0.25, 0.3) is 0 Å². The van der Waals surface area contributed by atoms with Crippen molar-refractivity contribution in [3.05, 3.63) is 57.4 Å². The van der Waals surface area contributed by atoms with Crippen LogP contribution in [-0.4, -0.2) is 25.4 Å². The lowest BCUT2D eigenvalue weighted by Gasteiger charge is -2.10. The fraction of sp³-hybridized carbons (Fsp3) is 0.111. The normalized spacial score (nSPS) is 10.9. The molecule has 0 aliphatic carbocycles. The highest BCUT2D eigenvalue weighted by Crippen LogP contribution is 2.36. The summed E-state index contributed by atoms with van der Waals surface area (Å²) in [6.45, 7) is 0. The number of rotatable bonds is 6. The second kappa shape index (κ2) is 8.40. The summed E-state index contributed by atoms with van der Waals surface area (Å²) in [7, 11) is 3.10. The number of halogens is 2. The van der Waals surface area contributed by atoms with Crippen LogP contribution in [0.15, 0.2) is 46.9 Å². The third-order valence-electron chi connectivity index (χ3n) is 3.52. The Labute approximate surface area is 165 Å². The number of hydrazone groups is 1. The zero-order valence-corrected chi connectivity index (χ0v) is 16.3. The van der Waals surface area contributed by atoms with E-state index in [1.165, 1.54) is 18.4 Å². The highest BCUT2D eigenvalue weighted by atomic mass is 35.5. The van der Waals surface area contributed by atoms with Gasteiger partial charge in [0.1, 0.15) is 0 Å². The van der Waals surface area contributed by atoms with E-state index < -0.39 is 0 Å². The Morgan fingerprint density at radius 2 is 1.85 bits per heavy atom. The Hall–Kier alpha value is -2.28. The first kappa shape index (κ1) is 18.5. The lowest BCUT2D eigenvalue weighted by molar-refractivity contribution is 0.355. The second-order valence-electron chi connectivity index (χ2n) is 5.12. The van der Waals surface area contributed by atoms with Crippen molar-refractivity contribution < 1.29 is 9.47 Å². The molecule has 5 nitrogen and oxygen atoms in total. The van der Waals surface area contributed by atoms with Crippen LogP contribution in [0.2, 0.25) is 10.0 Å². The van der Waals surface area contributed by atoms with Gasteiger partial charge in [-0.15, -0.1) is 11.3 Å². The molecule has 0 radical (unpaired) electrons. The van der Waals surface area contributed by atoms with E-state index in [0.29, 0.717) is 32.2 Å². The van der Waals surface area contributed by atoms with Gasteiger partial charge in [0.2, 0.25) is 5.13 Å². The van der Waals surface area contributed by atoms with Crippen LogP contribution in [0.5, 0.6) is 11.5 Å². The number of benzene rings is 2. The molecule has 0 atom stereocenters. The van der Waals surface area contributed by atoms with Gasteiger partial charge in [0.05, 0.1) is 31.2 Å². The SMILES string of the molecule is COc1ccc(/C=N\Nc2nc(-c3ccc(Cl)cc3)cs2)c(Cl)c1OC. The maximum absolute atomic E-state index is 6.32. The fourth-order valence-corrected chi connectivity index (χ4v) is 3.32. The van der Waals surface area contributed by atoms with E-state index in [9.17, 15) is 0 Å². The minimum Gasteiger partial charge on any atom is -0.493 e. The smallest absolute Gasteiger partial charge is 0.203 e. The first-order chi connectivity index (χ1) is 12.6. The number of aromatic nitrogens is 1. The van der Waals surface area contributed by atoms with Crippen molar-refractivity contribution in [3.8, 4) is 22.8 Å². The van der Waals surface area contributed by atoms with Crippen LogP contribution in [0.1, 0.15) is 5.56 Å². The Morgan fingerprint density at radius 1 is 1.08 bits per heavy atom. The molecule has 1 N–H and O–H groups in total. The quantitative estimate of drug-likeness (QED) is 0.427. The predicted molar refractivity (Wildman–Crippen MR) is 108 cm³/mol. The number of methoxy groups -OCH3 is 2. The van der Waals surface area contributed by atoms with Crippen molar-refractivity contribution in [2.75, 3.05) is 19.6 Å². The lowest BCUT2D eigenvalue weighted by atomic mass is 10.2. The first-order valence-electron chi connectivity index (χ1n) is 7.53. The highest BCUT2D eigenvalue weighted by Gasteiger charge is 2.12. The molecule has 0 saturated heterocycles. The van der Waals surface area contributed by atoms with Crippen molar-refractivity contribution in [3.63, 3.8) is 0 Å². The van der Waals surface area contributed by atoms with Crippen LogP contribution < -0.4 is 14.9 Å². The minimum atomic E-state index is 0.429. The molecule has 0 aliphatic heterocycles. The summed E-state index contributed by atoms with van der Waals surface area (Å²) < 4.78 is 10.5. The predicted octanol–water partition coefficient (Wildman–Crippen LogP) is 5.58. The molecule has 26 heavy (non-hydrogen) atoms. The Bertz CT molecular complexity index is 927. The topological polar surface area (TPSA) is 55.7 Å². The Balaban J connectivity index is 1.72. The van der Waals surface area contributed by atoms with Gasteiger partial charge >= 0.3 is 0 Å². The van der Waals surface area contributed by atoms with Crippen molar-refractivity contribution in [1.29, 1.82) is 0 Å². The van der Waals surface area contributed by atoms with Gasteiger partial charge in [-0.25, -0.2) is 4.98 Å². The summed E-state index contributed by atoms with van der Waals surface area (Å²) in [4.78, 5) is 4.50. The maximum Gasteiger partial charge on any atom is 0.203 e. The zero-order valence-electron chi connectivity index (χ0n) is 14.0. The monoisotopic (exact) mass is 407 g/mol. The molecule has 0 unspecified atom stereocenters. The number of nitrogens with zero attached hydrogens (tertiary/aromatic N) is 2. The number of hydrogen-bond acceptors (Lipinski definition) is 6. The summed E-state index contributed by atoms with van der Waals surface area (Å²) >= 11 is 13.7. The zero-order chi connectivity index (χ0) is 18.5. The largest absolute Gasteiger partial charge is 0.493 e. The molecule has 0 spiro atoms. The number of hydrogen-bond donors (Lipinski definition) is 1. The lowest BCUT2D eigenvalue weighted by Crippen LogP contribution is -1.96. The van der Waals surface area contributed by atoms with Crippen LogP contribution in [-0.2, 0) is 0 Å². The van der Waals surface area contributed by atoms with Gasteiger partial charge in [-0.1, -0.05) is 35.3 Å². The van der Waals surface area contributed by atoms with E-state index in [4.69, 9.17) is 32.7 Å². The van der Waals surface area contributed by atoms with Gasteiger partial charge in [-0.2, -0.15) is 5.10 Å². The summed E-state index contributed by atoms with van der Waals surface area (Å²) in [5.74, 6) is 1.03. The van der Waals surface area contributed by atoms with Gasteiger partial charge in [-0.3, -0.25) is 5.43 Å². The second-order valence-corrected chi connectivity index (χ2v) is 6.79. The molecule has 1 aromatic heterocycles. The average molecular weight is 408 g/mol. The number of anilines is 1. The highest BCUT2D eigenvalue weighted by molar-refractivity contribution is 7.14. The number of thiazole rings is 1. The van der Waals surface area contributed by atoms with E-state index >= 15 is 0 Å². The van der Waals surface area contributed by atoms with Crippen molar-refractivity contribution in [2.45, 2.75) is 0 Å². The van der Waals surface area contributed by atoms with E-state index in [1.54, 1.807) is 25.5 Å². The molecule has 0 aliphatic rings. The molecular formula is C18H15Cl2N3O2S. The molecule has 3 aromatic rings. The molecule has 0 amide bonds. The Morgan fingerprint density at radius 3 is 2.54 bits per heavy atom. The van der Waals surface area contributed by atoms with Crippen molar-refractivity contribution in [2.24, 2.45) is 5.10 Å². The molecule has 3 rings (SSSR count). The van der Waals surface area contributed by atoms with E-state index in [-0.39, 0.29) is 0 Å². The van der Waals surface area contributed by atoms with E-state index in [0.717, 1.165) is 11.3 Å². The minimum absolute atomic E-state index is 0.429. The standard InChI is InChI=1S/C18H15Cl2N3O2S/c1-24-15-8-5-12(16(20)17(15)25-2)9-21-23-18-22-14(10-26-18)11-3-6-13(19)7-4-11/h3-10H,1-2H3,(H,22,23)/b21-9-. The van der Waals surface area contributed by atoms with Gasteiger partial charge in [0, 0.05) is 21.5 Å². The molecule has 0 fully saturated rings. The molecule has 1 heterocycles. The molecule has 8 heteroatoms. The first-order valence-corrected chi connectivity index (χ1v) is 9.17. The van der Waals surface area contributed by atoms with Gasteiger partial charge < -0.3 is 9.47 Å². The van der Waals surface area contributed by atoms with Crippen molar-refractivity contribution in [1.82, 2.24) is 4.98 Å². The van der Waals surface area contributed by atoms with Crippen LogP contribution >= 0.6 is 34.5 Å². The summed E-state index contributed by atoms with van der Waals surface area (Å²) in [5, 5.41) is 7.94. The van der Waals surface area contributed by atoms with Crippen LogP contribution in [0, 0.1) is 0 Å². The van der Waals surface area contributed by atoms with Crippen LogP contribution in [0.3, 0.4) is 0 Å². The molecule has 134 valence electrons. The third kappa shape index (κ3) is 4.09. The maximum atomic E-state index is 6.32. The van der Waals surface area contributed by atoms with Crippen LogP contribution in [0.4, 0.5) is 5.13 Å². The molecular weight excluding hydrogens is 393 g/mol. The van der Waals surface area contributed by atoms with Gasteiger partial charge in [-0.05, 0) is 24.3 Å². The fourth-order valence-electron chi connectivity index (χ4n) is 2.24. The van der Waals surface area contributed by atoms with E-state index in [2.05, 4.69) is 15.5 Å². The van der Waals surface area contributed by atoms with Crippen molar-refractivity contribution >= 4 is 45.9 Å². The summed E-state index contributed by atoms with van der Waals surface area (Å²) in [6.07, 6.45) is 1.60. The third-order valence-corrected chi connectivity index (χ3v) is 4.91. The van der Waals surface area contributed by atoms with Gasteiger partial charge in [0.15, 0.2) is 11.5 Å². The molecule has 0 bridgehead atoms. The molecule has 2 aromatic carbocycles. The summed E-state index contributed by atoms with van der Waals surface area (Å²) in [5.41, 5.74) is 5.45. The molecule has 0 saturated carbocycles. The Kier molecular flexibility index (Phi) is 5.98. The average Bonchev–Trinajstić information content (AvgIpc) is 3.12. The van der Waals surface area contributed by atoms with Crippen LogP contribution in [0.25, 0.3) is 11.3 Å². The van der Waals surface area contributed by atoms with E-state index in [1.807, 2.05) is 29.6 Å². The number of nitrogens with one attached hydrogen (secondary N) is 1. The summed E-state index contributed by atoms with van der Waals surface area (Å²) in [6, 6.07) is 11.1.